The third-order valence-electron chi connectivity index (χ3n) is 8.61. The predicted octanol–water partition coefficient (Wildman–Crippen LogP) is 6.74. The first-order chi connectivity index (χ1) is 18.0. The first-order valence-electron chi connectivity index (χ1n) is 13.0. The molecule has 0 aromatic heterocycles. The first-order valence-corrected chi connectivity index (χ1v) is 13.0. The Morgan fingerprint density at radius 3 is 2.05 bits per heavy atom. The van der Waals surface area contributed by atoms with Crippen LogP contribution in [0.25, 0.3) is 10.8 Å². The number of allylic oxidation sites excluding steroid dienone is 4. The standard InChI is InChI=1S/C33H30O4/c1-4-5-7-12-19(2)32(34)36-30-25-20(3)26(31(30)37-33(35)22-13-8-6-9-14-22)29-24-18-11-16-21-15-10-17-23(27(21)24)28(25)29/h4-18,20,25-26,28-31H,1H2,2-3H3/b7-5-,19-12+. The molecule has 7 unspecified atom stereocenters. The van der Waals surface area contributed by atoms with E-state index in [9.17, 15) is 9.59 Å². The van der Waals surface area contributed by atoms with Gasteiger partial charge in [0.15, 0.2) is 0 Å². The molecule has 0 N–H and O–H groups in total. The number of hydrogen-bond donors (Lipinski definition) is 0. The van der Waals surface area contributed by atoms with E-state index in [1.165, 1.54) is 21.9 Å². The minimum Gasteiger partial charge on any atom is -0.455 e. The van der Waals surface area contributed by atoms with Crippen LogP contribution in [-0.2, 0) is 14.3 Å². The van der Waals surface area contributed by atoms with Crippen LogP contribution >= 0.6 is 0 Å². The van der Waals surface area contributed by atoms with Gasteiger partial charge < -0.3 is 9.47 Å². The average molecular weight is 491 g/mol. The van der Waals surface area contributed by atoms with E-state index in [-0.39, 0.29) is 41.5 Å². The highest BCUT2D eigenvalue weighted by atomic mass is 16.6. The molecule has 2 bridgehead atoms. The molecule has 2 fully saturated rings. The van der Waals surface area contributed by atoms with Crippen molar-refractivity contribution < 1.29 is 19.1 Å². The second-order valence-electron chi connectivity index (χ2n) is 10.4. The van der Waals surface area contributed by atoms with Crippen LogP contribution in [0.15, 0.2) is 103 Å². The molecule has 0 saturated heterocycles. The molecule has 3 aromatic carbocycles. The zero-order valence-electron chi connectivity index (χ0n) is 21.0. The Balaban J connectivity index is 1.39. The molecule has 0 spiro atoms. The van der Waals surface area contributed by atoms with Crippen molar-refractivity contribution in [2.24, 2.45) is 17.8 Å². The van der Waals surface area contributed by atoms with Gasteiger partial charge in [0.2, 0.25) is 0 Å². The van der Waals surface area contributed by atoms with Gasteiger partial charge in [-0.05, 0) is 58.7 Å². The molecule has 0 aliphatic heterocycles. The SMILES string of the molecule is C=C/C=C\C=C(/C)C(=O)OC1C(OC(=O)c2ccccc2)C2C(C)C1C1c3cccc4cccc(c34)C12. The molecular formula is C33H30O4. The molecule has 4 nitrogen and oxygen atoms in total. The van der Waals surface area contributed by atoms with Crippen LogP contribution < -0.4 is 0 Å². The molecule has 37 heavy (non-hydrogen) atoms. The summed E-state index contributed by atoms with van der Waals surface area (Å²) in [6.45, 7) is 7.63. The Morgan fingerprint density at radius 2 is 1.43 bits per heavy atom. The summed E-state index contributed by atoms with van der Waals surface area (Å²) in [5.41, 5.74) is 3.65. The average Bonchev–Trinajstić information content (AvgIpc) is 3.49. The molecule has 0 radical (unpaired) electrons. The van der Waals surface area contributed by atoms with Crippen molar-refractivity contribution in [1.29, 1.82) is 0 Å². The molecule has 6 rings (SSSR count). The molecule has 3 aliphatic rings. The Bertz CT molecular complexity index is 1440. The maximum absolute atomic E-state index is 13.2. The first kappa shape index (κ1) is 23.5. The summed E-state index contributed by atoms with van der Waals surface area (Å²) >= 11 is 0. The Kier molecular flexibility index (Phi) is 5.83. The van der Waals surface area contributed by atoms with E-state index < -0.39 is 12.2 Å². The molecule has 0 heterocycles. The number of hydrogen-bond acceptors (Lipinski definition) is 4. The number of carbonyl (C=O) groups is 2. The van der Waals surface area contributed by atoms with Crippen molar-refractivity contribution in [2.75, 3.05) is 0 Å². The van der Waals surface area contributed by atoms with E-state index in [2.05, 4.69) is 49.9 Å². The fourth-order valence-electron chi connectivity index (χ4n) is 7.21. The van der Waals surface area contributed by atoms with Gasteiger partial charge in [0.05, 0.1) is 5.56 Å². The van der Waals surface area contributed by atoms with Crippen LogP contribution in [0.3, 0.4) is 0 Å². The zero-order valence-corrected chi connectivity index (χ0v) is 21.0. The summed E-state index contributed by atoms with van der Waals surface area (Å²) in [5, 5.41) is 2.54. The summed E-state index contributed by atoms with van der Waals surface area (Å²) in [5.74, 6) is 0.0510. The molecule has 7 atom stereocenters. The fourth-order valence-corrected chi connectivity index (χ4v) is 7.21. The molecule has 2 saturated carbocycles. The van der Waals surface area contributed by atoms with Crippen molar-refractivity contribution in [1.82, 2.24) is 0 Å². The number of benzene rings is 3. The number of rotatable bonds is 6. The van der Waals surface area contributed by atoms with E-state index in [0.29, 0.717) is 11.1 Å². The van der Waals surface area contributed by atoms with Gasteiger partial charge in [0.1, 0.15) is 12.2 Å². The van der Waals surface area contributed by atoms with E-state index in [4.69, 9.17) is 9.47 Å². The van der Waals surface area contributed by atoms with Crippen molar-refractivity contribution >= 4 is 22.7 Å². The van der Waals surface area contributed by atoms with Crippen LogP contribution in [0.4, 0.5) is 0 Å². The lowest BCUT2D eigenvalue weighted by atomic mass is 9.75. The lowest BCUT2D eigenvalue weighted by molar-refractivity contribution is -0.155. The Morgan fingerprint density at radius 1 is 0.811 bits per heavy atom. The minimum absolute atomic E-state index is 0.0574. The Hall–Kier alpha value is -3.92. The molecular weight excluding hydrogens is 460 g/mol. The van der Waals surface area contributed by atoms with Gasteiger partial charge in [-0.15, -0.1) is 0 Å². The van der Waals surface area contributed by atoms with Crippen LogP contribution in [0, 0.1) is 17.8 Å². The van der Waals surface area contributed by atoms with E-state index >= 15 is 0 Å². The van der Waals surface area contributed by atoms with Crippen molar-refractivity contribution in [3.8, 4) is 0 Å². The summed E-state index contributed by atoms with van der Waals surface area (Å²) in [6.07, 6.45) is 5.88. The second-order valence-corrected chi connectivity index (χ2v) is 10.4. The Labute approximate surface area is 217 Å². The maximum Gasteiger partial charge on any atom is 0.338 e. The smallest absolute Gasteiger partial charge is 0.338 e. The van der Waals surface area contributed by atoms with Crippen LogP contribution in [0.5, 0.6) is 0 Å². The molecule has 186 valence electrons. The van der Waals surface area contributed by atoms with Crippen molar-refractivity contribution in [2.45, 2.75) is 37.9 Å². The van der Waals surface area contributed by atoms with Gasteiger partial charge in [0.25, 0.3) is 0 Å². The third kappa shape index (κ3) is 3.66. The normalized spacial score (nSPS) is 29.5. The van der Waals surface area contributed by atoms with E-state index in [0.717, 1.165) is 0 Å². The third-order valence-corrected chi connectivity index (χ3v) is 8.61. The molecule has 3 aliphatic carbocycles. The van der Waals surface area contributed by atoms with Crippen LogP contribution in [-0.4, -0.2) is 24.1 Å². The fraction of sp³-hybridized carbons (Fsp3) is 0.273. The number of carbonyl (C=O) groups excluding carboxylic acids is 2. The predicted molar refractivity (Wildman–Crippen MR) is 144 cm³/mol. The molecule has 4 heteroatoms. The molecule has 3 aromatic rings. The number of fused-ring (bicyclic) bond motifs is 7. The quantitative estimate of drug-likeness (QED) is 0.218. The monoisotopic (exact) mass is 490 g/mol. The summed E-state index contributed by atoms with van der Waals surface area (Å²) in [7, 11) is 0. The summed E-state index contributed by atoms with van der Waals surface area (Å²) < 4.78 is 12.4. The lowest BCUT2D eigenvalue weighted by Gasteiger charge is -2.38. The summed E-state index contributed by atoms with van der Waals surface area (Å²) in [4.78, 5) is 26.4. The van der Waals surface area contributed by atoms with Gasteiger partial charge in [-0.3, -0.25) is 0 Å². The van der Waals surface area contributed by atoms with Crippen molar-refractivity contribution in [3.05, 3.63) is 120 Å². The lowest BCUT2D eigenvalue weighted by Crippen LogP contribution is -2.44. The highest BCUT2D eigenvalue weighted by Gasteiger charge is 2.67. The minimum atomic E-state index is -0.516. The molecule has 0 amide bonds. The maximum atomic E-state index is 13.2. The second kappa shape index (κ2) is 9.19. The van der Waals surface area contributed by atoms with Gasteiger partial charge in [-0.2, -0.15) is 0 Å². The van der Waals surface area contributed by atoms with Gasteiger partial charge in [0, 0.05) is 17.4 Å². The van der Waals surface area contributed by atoms with E-state index in [1.807, 2.05) is 18.2 Å². The van der Waals surface area contributed by atoms with Gasteiger partial charge in [-0.25, -0.2) is 9.59 Å². The highest BCUT2D eigenvalue weighted by Crippen LogP contribution is 2.69. The topological polar surface area (TPSA) is 52.6 Å². The van der Waals surface area contributed by atoms with Crippen LogP contribution in [0.1, 0.15) is 47.2 Å². The van der Waals surface area contributed by atoms with Crippen molar-refractivity contribution in [3.63, 3.8) is 0 Å². The zero-order chi connectivity index (χ0) is 25.7. The number of esters is 2. The number of ether oxygens (including phenoxy) is 2. The largest absolute Gasteiger partial charge is 0.455 e. The van der Waals surface area contributed by atoms with Gasteiger partial charge >= 0.3 is 11.9 Å². The van der Waals surface area contributed by atoms with E-state index in [1.54, 1.807) is 43.4 Å². The highest BCUT2D eigenvalue weighted by molar-refractivity contribution is 5.93. The summed E-state index contributed by atoms with van der Waals surface area (Å²) in [6, 6.07) is 22.0. The van der Waals surface area contributed by atoms with Crippen LogP contribution in [0.2, 0.25) is 0 Å². The van der Waals surface area contributed by atoms with Gasteiger partial charge in [-0.1, -0.05) is 92.4 Å².